The van der Waals surface area contributed by atoms with Crippen LogP contribution in [0, 0.1) is 0 Å². The van der Waals surface area contributed by atoms with E-state index in [1.807, 2.05) is 13.0 Å². The highest BCUT2D eigenvalue weighted by Gasteiger charge is 2.14. The molecule has 2 heterocycles. The van der Waals surface area contributed by atoms with Crippen LogP contribution in [-0.2, 0) is 4.74 Å². The van der Waals surface area contributed by atoms with Gasteiger partial charge in [0.2, 0.25) is 5.95 Å². The maximum Gasteiger partial charge on any atom is 0.338 e. The van der Waals surface area contributed by atoms with Crippen LogP contribution in [0.2, 0.25) is 0 Å². The third-order valence-corrected chi connectivity index (χ3v) is 3.42. The lowest BCUT2D eigenvalue weighted by Gasteiger charge is -2.06. The molecule has 0 saturated carbocycles. The van der Waals surface area contributed by atoms with Crippen LogP contribution < -0.4 is 11.5 Å². The number of benzene rings is 1. The van der Waals surface area contributed by atoms with Crippen LogP contribution in [0.4, 0.5) is 11.8 Å². The Hall–Kier alpha value is -3.09. The molecule has 0 unspecified atom stereocenters. The number of aromatic amines is 1. The molecule has 0 saturated heterocycles. The minimum Gasteiger partial charge on any atom is -0.462 e. The molecule has 0 bridgehead atoms. The van der Waals surface area contributed by atoms with Crippen molar-refractivity contribution in [3.05, 3.63) is 36.0 Å². The van der Waals surface area contributed by atoms with Gasteiger partial charge in [-0.2, -0.15) is 9.97 Å². The molecule has 0 aliphatic rings. The number of esters is 1. The van der Waals surface area contributed by atoms with Crippen LogP contribution >= 0.6 is 0 Å². The van der Waals surface area contributed by atoms with E-state index in [0.29, 0.717) is 29.0 Å². The highest BCUT2D eigenvalue weighted by Crippen LogP contribution is 2.31. The number of aromatic nitrogens is 3. The zero-order valence-corrected chi connectivity index (χ0v) is 12.7. The summed E-state index contributed by atoms with van der Waals surface area (Å²) in [6.07, 6.45) is 2.55. The van der Waals surface area contributed by atoms with Crippen molar-refractivity contribution < 1.29 is 9.53 Å². The van der Waals surface area contributed by atoms with Gasteiger partial charge in [0, 0.05) is 11.8 Å². The molecular weight excluding hydrogens is 294 g/mol. The molecule has 0 aliphatic carbocycles. The van der Waals surface area contributed by atoms with Gasteiger partial charge in [0.1, 0.15) is 11.5 Å². The Bertz CT molecular complexity index is 872. The molecule has 118 valence electrons. The summed E-state index contributed by atoms with van der Waals surface area (Å²) in [5.74, 6) is 0.0602. The summed E-state index contributed by atoms with van der Waals surface area (Å²) in [7, 11) is 0. The van der Waals surface area contributed by atoms with Gasteiger partial charge in [0.05, 0.1) is 17.6 Å². The molecule has 7 heteroatoms. The van der Waals surface area contributed by atoms with Gasteiger partial charge < -0.3 is 21.2 Å². The fourth-order valence-corrected chi connectivity index (χ4v) is 2.40. The number of nitrogen functional groups attached to an aromatic ring is 2. The van der Waals surface area contributed by atoms with Gasteiger partial charge in [0.25, 0.3) is 0 Å². The van der Waals surface area contributed by atoms with Gasteiger partial charge in [-0.25, -0.2) is 4.79 Å². The van der Waals surface area contributed by atoms with Crippen LogP contribution in [0.15, 0.2) is 30.5 Å². The first-order valence-electron chi connectivity index (χ1n) is 7.27. The molecule has 3 rings (SSSR count). The van der Waals surface area contributed by atoms with Crippen molar-refractivity contribution in [2.75, 3.05) is 18.1 Å². The molecule has 0 aliphatic heterocycles. The van der Waals surface area contributed by atoms with E-state index in [9.17, 15) is 4.79 Å². The first-order chi connectivity index (χ1) is 11.1. The highest BCUT2D eigenvalue weighted by atomic mass is 16.5. The molecule has 2 aromatic heterocycles. The van der Waals surface area contributed by atoms with E-state index in [-0.39, 0.29) is 11.9 Å². The van der Waals surface area contributed by atoms with Crippen LogP contribution in [-0.4, -0.2) is 27.5 Å². The van der Waals surface area contributed by atoms with E-state index in [1.165, 1.54) is 0 Å². The number of carbonyl (C=O) groups is 1. The summed E-state index contributed by atoms with van der Waals surface area (Å²) in [6, 6.07) is 7.16. The summed E-state index contributed by atoms with van der Waals surface area (Å²) in [5, 5.41) is 0.679. The van der Waals surface area contributed by atoms with Gasteiger partial charge in [-0.1, -0.05) is 19.1 Å². The second kappa shape index (κ2) is 5.96. The lowest BCUT2D eigenvalue weighted by atomic mass is 10.0. The predicted octanol–water partition coefficient (Wildman–Crippen LogP) is 2.36. The number of rotatable bonds is 4. The molecule has 0 fully saturated rings. The minimum absolute atomic E-state index is 0.111. The van der Waals surface area contributed by atoms with E-state index in [0.717, 1.165) is 17.5 Å². The lowest BCUT2D eigenvalue weighted by Crippen LogP contribution is -2.05. The summed E-state index contributed by atoms with van der Waals surface area (Å²) in [5.41, 5.74) is 14.2. The van der Waals surface area contributed by atoms with Gasteiger partial charge in [-0.05, 0) is 24.1 Å². The first-order valence-corrected chi connectivity index (χ1v) is 7.27. The Morgan fingerprint density at radius 1 is 1.30 bits per heavy atom. The number of hydrogen-bond acceptors (Lipinski definition) is 6. The zero-order chi connectivity index (χ0) is 16.4. The molecule has 0 atom stereocenters. The van der Waals surface area contributed by atoms with Crippen molar-refractivity contribution in [1.82, 2.24) is 15.0 Å². The van der Waals surface area contributed by atoms with Crippen molar-refractivity contribution in [1.29, 1.82) is 0 Å². The van der Waals surface area contributed by atoms with Crippen molar-refractivity contribution in [2.24, 2.45) is 0 Å². The third-order valence-electron chi connectivity index (χ3n) is 3.42. The molecule has 23 heavy (non-hydrogen) atoms. The molecule has 3 aromatic rings. The van der Waals surface area contributed by atoms with E-state index < -0.39 is 0 Å². The fourth-order valence-electron chi connectivity index (χ4n) is 2.40. The van der Waals surface area contributed by atoms with Crippen LogP contribution in [0.1, 0.15) is 23.7 Å². The Morgan fingerprint density at radius 3 is 2.91 bits per heavy atom. The number of anilines is 2. The smallest absolute Gasteiger partial charge is 0.338 e. The van der Waals surface area contributed by atoms with Crippen LogP contribution in [0.5, 0.6) is 0 Å². The number of nitrogens with one attached hydrogen (secondary N) is 1. The summed E-state index contributed by atoms with van der Waals surface area (Å²) >= 11 is 0. The van der Waals surface area contributed by atoms with Crippen LogP contribution in [0.25, 0.3) is 22.2 Å². The summed E-state index contributed by atoms with van der Waals surface area (Å²) in [4.78, 5) is 23.1. The lowest BCUT2D eigenvalue weighted by molar-refractivity contribution is 0.0505. The van der Waals surface area contributed by atoms with Crippen molar-refractivity contribution in [2.45, 2.75) is 13.3 Å². The highest BCUT2D eigenvalue weighted by molar-refractivity contribution is 6.01. The molecule has 7 nitrogen and oxygen atoms in total. The minimum atomic E-state index is -0.345. The maximum absolute atomic E-state index is 12.0. The predicted molar refractivity (Wildman–Crippen MR) is 88.7 cm³/mol. The second-order valence-corrected chi connectivity index (χ2v) is 5.11. The van der Waals surface area contributed by atoms with Gasteiger partial charge in [0.15, 0.2) is 0 Å². The molecule has 0 radical (unpaired) electrons. The quantitative estimate of drug-likeness (QED) is 0.636. The molecule has 5 N–H and O–H groups in total. The number of carbonyl (C=O) groups excluding carboxylic acids is 1. The van der Waals surface area contributed by atoms with E-state index in [2.05, 4.69) is 15.0 Å². The number of nitrogens with zero attached hydrogens (tertiary/aromatic N) is 2. The Kier molecular flexibility index (Phi) is 3.84. The van der Waals surface area contributed by atoms with Crippen molar-refractivity contribution >= 4 is 28.8 Å². The maximum atomic E-state index is 12.0. The van der Waals surface area contributed by atoms with Crippen LogP contribution in [0.3, 0.4) is 0 Å². The Morgan fingerprint density at radius 2 is 2.13 bits per heavy atom. The molecular formula is C16H17N5O2. The zero-order valence-electron chi connectivity index (χ0n) is 12.7. The number of fused-ring (bicyclic) bond motifs is 1. The summed E-state index contributed by atoms with van der Waals surface area (Å²) in [6.45, 7) is 2.35. The number of hydrogen-bond donors (Lipinski definition) is 3. The average Bonchev–Trinajstić information content (AvgIpc) is 2.96. The fraction of sp³-hybridized carbons (Fsp3) is 0.188. The summed E-state index contributed by atoms with van der Waals surface area (Å²) < 4.78 is 5.16. The second-order valence-electron chi connectivity index (χ2n) is 5.11. The van der Waals surface area contributed by atoms with Gasteiger partial charge in [-0.15, -0.1) is 0 Å². The Balaban J connectivity index is 2.04. The van der Waals surface area contributed by atoms with Crippen molar-refractivity contribution in [3.63, 3.8) is 0 Å². The molecule has 0 spiro atoms. The van der Waals surface area contributed by atoms with E-state index in [4.69, 9.17) is 16.2 Å². The van der Waals surface area contributed by atoms with Gasteiger partial charge >= 0.3 is 5.97 Å². The largest absolute Gasteiger partial charge is 0.462 e. The average molecular weight is 311 g/mol. The number of H-pyrrole nitrogens is 1. The SMILES string of the molecule is CCCOC(=O)c1cccc(-c2c[nH]c3nc(N)nc(N)c23)c1. The van der Waals surface area contributed by atoms with Gasteiger partial charge in [-0.3, -0.25) is 0 Å². The number of nitrogens with two attached hydrogens (primary N) is 2. The normalized spacial score (nSPS) is 10.8. The number of ether oxygens (including phenoxy) is 1. The topological polar surface area (TPSA) is 120 Å². The monoisotopic (exact) mass is 311 g/mol. The molecule has 0 amide bonds. The third kappa shape index (κ3) is 2.80. The van der Waals surface area contributed by atoms with E-state index >= 15 is 0 Å². The molecule has 1 aromatic carbocycles. The standard InChI is InChI=1S/C16H17N5O2/c1-2-6-23-15(22)10-5-3-4-9(7-10)11-8-19-14-12(11)13(17)20-16(18)21-14/h3-5,7-8H,2,6H2,1H3,(H5,17,18,19,20,21). The first kappa shape index (κ1) is 14.8. The van der Waals surface area contributed by atoms with E-state index in [1.54, 1.807) is 24.4 Å². The Labute approximate surface area is 132 Å². The van der Waals surface area contributed by atoms with Crippen molar-refractivity contribution in [3.8, 4) is 11.1 Å².